The summed E-state index contributed by atoms with van der Waals surface area (Å²) < 4.78 is 0. The Morgan fingerprint density at radius 1 is 0.923 bits per heavy atom. The molecule has 1 amide bonds. The number of Topliss-reactive ketones (excluding diaryl/α,β-unsaturated/α-hetero) is 1. The molecule has 0 aromatic heterocycles. The van der Waals surface area contributed by atoms with Crippen LogP contribution in [0.3, 0.4) is 0 Å². The third-order valence-electron chi connectivity index (χ3n) is 4.28. The Morgan fingerprint density at radius 3 is 1.92 bits per heavy atom. The molecular weight excluding hydrogens is 342 g/mol. The molecule has 0 aromatic carbocycles. The molecule has 0 heterocycles. The summed E-state index contributed by atoms with van der Waals surface area (Å²) in [6, 6.07) is 0. The van der Waals surface area contributed by atoms with Gasteiger partial charge in [0.2, 0.25) is 5.91 Å². The van der Waals surface area contributed by atoms with Gasteiger partial charge in [0.15, 0.2) is 0 Å². The number of nitrogens with one attached hydrogen (secondary N) is 1. The van der Waals surface area contributed by atoms with Crippen LogP contribution >= 0.6 is 0 Å². The number of aliphatic hydroxyl groups is 5. The lowest BCUT2D eigenvalue weighted by Crippen LogP contribution is -2.49. The van der Waals surface area contributed by atoms with E-state index >= 15 is 0 Å². The average molecular weight is 377 g/mol. The number of carbonyl (C=O) groups excluding carboxylic acids is 2. The lowest BCUT2D eigenvalue weighted by atomic mass is 9.85. The molecule has 0 saturated heterocycles. The van der Waals surface area contributed by atoms with E-state index < -0.39 is 31.0 Å². The molecule has 0 aliphatic rings. The minimum atomic E-state index is -1.73. The quantitative estimate of drug-likeness (QED) is 0.246. The fourth-order valence-electron chi connectivity index (χ4n) is 2.71. The van der Waals surface area contributed by atoms with E-state index in [1.807, 2.05) is 27.7 Å². The van der Waals surface area contributed by atoms with E-state index in [4.69, 9.17) is 5.11 Å². The zero-order valence-electron chi connectivity index (χ0n) is 16.1. The van der Waals surface area contributed by atoms with Crippen LogP contribution in [0.2, 0.25) is 0 Å². The number of amides is 1. The number of hydrogen-bond acceptors (Lipinski definition) is 7. The van der Waals surface area contributed by atoms with Gasteiger partial charge in [0.05, 0.1) is 12.7 Å². The Bertz CT molecular complexity index is 428. The molecule has 0 fully saturated rings. The van der Waals surface area contributed by atoms with Crippen molar-refractivity contribution in [3.63, 3.8) is 0 Å². The maximum atomic E-state index is 12.2. The van der Waals surface area contributed by atoms with E-state index in [-0.39, 0.29) is 36.5 Å². The fourth-order valence-corrected chi connectivity index (χ4v) is 2.71. The molecule has 0 unspecified atom stereocenters. The second-order valence-corrected chi connectivity index (χ2v) is 7.52. The highest BCUT2D eigenvalue weighted by atomic mass is 16.4. The van der Waals surface area contributed by atoms with Gasteiger partial charge in [-0.3, -0.25) is 9.59 Å². The maximum absolute atomic E-state index is 12.2. The van der Waals surface area contributed by atoms with Crippen molar-refractivity contribution in [2.24, 2.45) is 17.8 Å². The summed E-state index contributed by atoms with van der Waals surface area (Å²) in [6.45, 7) is 6.62. The van der Waals surface area contributed by atoms with Crippen molar-refractivity contribution >= 4 is 11.7 Å². The summed E-state index contributed by atoms with van der Waals surface area (Å²) in [7, 11) is 0. The van der Waals surface area contributed by atoms with Crippen LogP contribution in [-0.4, -0.2) is 74.8 Å². The molecule has 0 saturated carbocycles. The Balaban J connectivity index is 4.44. The number of ketones is 1. The maximum Gasteiger partial charge on any atom is 0.220 e. The number of carbonyl (C=O) groups is 2. The van der Waals surface area contributed by atoms with E-state index in [0.29, 0.717) is 18.8 Å². The third kappa shape index (κ3) is 9.05. The summed E-state index contributed by atoms with van der Waals surface area (Å²) >= 11 is 0. The van der Waals surface area contributed by atoms with E-state index in [1.54, 1.807) is 0 Å². The van der Waals surface area contributed by atoms with Crippen LogP contribution in [0, 0.1) is 17.8 Å². The first kappa shape index (κ1) is 24.9. The summed E-state index contributed by atoms with van der Waals surface area (Å²) in [4.78, 5) is 24.2. The summed E-state index contributed by atoms with van der Waals surface area (Å²) in [5, 5.41) is 49.4. The van der Waals surface area contributed by atoms with Crippen molar-refractivity contribution in [3.8, 4) is 0 Å². The molecule has 0 radical (unpaired) electrons. The zero-order valence-corrected chi connectivity index (χ0v) is 16.1. The van der Waals surface area contributed by atoms with Crippen LogP contribution in [0.5, 0.6) is 0 Å². The molecule has 154 valence electrons. The topological polar surface area (TPSA) is 147 Å². The summed E-state index contributed by atoms with van der Waals surface area (Å²) in [5.74, 6) is -0.208. The standard InChI is InChI=1S/C18H35NO7/c1-10(2)7-12(16(24)11(3)4)5-6-15(23)19-8-13(21)17(25)18(26)14(22)9-20/h10-14,17-18,20-22,25-26H,5-9H2,1-4H3,(H,19,23)/t12-,13+,14-,17-,18-/m1/s1. The first-order valence-corrected chi connectivity index (χ1v) is 9.14. The first-order chi connectivity index (χ1) is 12.0. The van der Waals surface area contributed by atoms with Gasteiger partial charge in [-0.05, 0) is 18.8 Å². The predicted molar refractivity (Wildman–Crippen MR) is 96.1 cm³/mol. The molecule has 0 bridgehead atoms. The molecule has 5 atom stereocenters. The molecule has 0 aliphatic heterocycles. The van der Waals surface area contributed by atoms with Crippen molar-refractivity contribution in [1.29, 1.82) is 0 Å². The van der Waals surface area contributed by atoms with Crippen LogP contribution in [0.25, 0.3) is 0 Å². The third-order valence-corrected chi connectivity index (χ3v) is 4.28. The normalized spacial score (nSPS) is 17.7. The van der Waals surface area contributed by atoms with Crippen LogP contribution in [0.4, 0.5) is 0 Å². The van der Waals surface area contributed by atoms with E-state index in [9.17, 15) is 30.0 Å². The van der Waals surface area contributed by atoms with Crippen LogP contribution in [-0.2, 0) is 9.59 Å². The second-order valence-electron chi connectivity index (χ2n) is 7.52. The first-order valence-electron chi connectivity index (χ1n) is 9.14. The lowest BCUT2D eigenvalue weighted by molar-refractivity contribution is -0.128. The monoisotopic (exact) mass is 377 g/mol. The van der Waals surface area contributed by atoms with Gasteiger partial charge in [-0.1, -0.05) is 27.7 Å². The van der Waals surface area contributed by atoms with Gasteiger partial charge >= 0.3 is 0 Å². The Morgan fingerprint density at radius 2 is 1.46 bits per heavy atom. The Labute approximate surface area is 155 Å². The van der Waals surface area contributed by atoms with Gasteiger partial charge in [-0.15, -0.1) is 0 Å². The predicted octanol–water partition coefficient (Wildman–Crippen LogP) is -0.794. The van der Waals surface area contributed by atoms with Crippen LogP contribution < -0.4 is 5.32 Å². The summed E-state index contributed by atoms with van der Waals surface area (Å²) in [5.41, 5.74) is 0. The molecule has 6 N–H and O–H groups in total. The zero-order chi connectivity index (χ0) is 20.4. The molecule has 0 aromatic rings. The van der Waals surface area contributed by atoms with Crippen molar-refractivity contribution in [1.82, 2.24) is 5.32 Å². The highest BCUT2D eigenvalue weighted by Gasteiger charge is 2.30. The molecular formula is C18H35NO7. The van der Waals surface area contributed by atoms with Gasteiger partial charge in [0.25, 0.3) is 0 Å². The highest BCUT2D eigenvalue weighted by Crippen LogP contribution is 2.21. The van der Waals surface area contributed by atoms with E-state index in [0.717, 1.165) is 0 Å². The largest absolute Gasteiger partial charge is 0.394 e. The molecule has 8 nitrogen and oxygen atoms in total. The number of rotatable bonds is 13. The van der Waals surface area contributed by atoms with Crippen molar-refractivity contribution < 1.29 is 35.1 Å². The van der Waals surface area contributed by atoms with Crippen molar-refractivity contribution in [2.45, 2.75) is 71.4 Å². The van der Waals surface area contributed by atoms with Gasteiger partial charge < -0.3 is 30.8 Å². The molecule has 0 rings (SSSR count). The van der Waals surface area contributed by atoms with Crippen molar-refractivity contribution in [3.05, 3.63) is 0 Å². The fraction of sp³-hybridized carbons (Fsp3) is 0.889. The smallest absolute Gasteiger partial charge is 0.220 e. The van der Waals surface area contributed by atoms with Gasteiger partial charge in [-0.25, -0.2) is 0 Å². The van der Waals surface area contributed by atoms with Gasteiger partial charge in [-0.2, -0.15) is 0 Å². The van der Waals surface area contributed by atoms with E-state index in [1.165, 1.54) is 0 Å². The van der Waals surface area contributed by atoms with Gasteiger partial charge in [0, 0.05) is 24.8 Å². The lowest BCUT2D eigenvalue weighted by Gasteiger charge is -2.25. The minimum absolute atomic E-state index is 0.0989. The van der Waals surface area contributed by atoms with Crippen LogP contribution in [0.15, 0.2) is 0 Å². The minimum Gasteiger partial charge on any atom is -0.394 e. The SMILES string of the molecule is CC(C)C[C@@H](CCC(=O)NC[C@H](O)[C@@H](O)[C@H](O)[C@H](O)CO)C(=O)C(C)C. The van der Waals surface area contributed by atoms with Crippen molar-refractivity contribution in [2.75, 3.05) is 13.2 Å². The number of hydrogen-bond donors (Lipinski definition) is 6. The van der Waals surface area contributed by atoms with E-state index in [2.05, 4.69) is 5.32 Å². The second kappa shape index (κ2) is 12.3. The average Bonchev–Trinajstić information content (AvgIpc) is 2.59. The van der Waals surface area contributed by atoms with Gasteiger partial charge in [0.1, 0.15) is 24.1 Å². The highest BCUT2D eigenvalue weighted by molar-refractivity contribution is 5.83. The Hall–Kier alpha value is -1.06. The Kier molecular flexibility index (Phi) is 11.8. The molecule has 8 heteroatoms. The van der Waals surface area contributed by atoms with Crippen LogP contribution in [0.1, 0.15) is 47.0 Å². The number of aliphatic hydroxyl groups excluding tert-OH is 5. The summed E-state index contributed by atoms with van der Waals surface area (Å²) in [6.07, 6.45) is -5.31. The molecule has 26 heavy (non-hydrogen) atoms. The molecule has 0 spiro atoms. The molecule has 0 aliphatic carbocycles.